The molecule has 2 fully saturated rings. The topological polar surface area (TPSA) is 98.7 Å². The van der Waals surface area contributed by atoms with Gasteiger partial charge in [0.2, 0.25) is 0 Å². The molecule has 2 heterocycles. The molecule has 0 aromatic heterocycles. The molecule has 0 amide bonds. The minimum Gasteiger partial charge on any atom is -0.480 e. The van der Waals surface area contributed by atoms with Crippen molar-refractivity contribution in [3.63, 3.8) is 0 Å². The molecule has 0 spiro atoms. The second-order valence-electron chi connectivity index (χ2n) is 3.84. The lowest BCUT2D eigenvalue weighted by molar-refractivity contribution is -0.139. The van der Waals surface area contributed by atoms with Crippen LogP contribution < -0.4 is 10.6 Å². The molecule has 2 aliphatic rings. The van der Waals surface area contributed by atoms with Gasteiger partial charge in [-0.25, -0.2) is 0 Å². The fraction of sp³-hybridized carbons (Fsp3) is 0.800. The van der Waals surface area contributed by atoms with Crippen LogP contribution in [0.1, 0.15) is 0 Å². The molecule has 0 radical (unpaired) electrons. The number of carbonyl (C=O) groups is 2. The molecule has 0 aromatic carbocycles. The van der Waals surface area contributed by atoms with E-state index < -0.39 is 11.9 Å². The van der Waals surface area contributed by atoms with Gasteiger partial charge < -0.3 is 20.8 Å². The number of rotatable bonds is 2. The van der Waals surface area contributed by atoms with Crippen LogP contribution in [0.4, 0.5) is 0 Å². The monoisotopic (exact) mass is 294 g/mol. The molecule has 2 saturated heterocycles. The van der Waals surface area contributed by atoms with Crippen molar-refractivity contribution in [3.8, 4) is 0 Å². The fourth-order valence-corrected chi connectivity index (χ4v) is 3.30. The van der Waals surface area contributed by atoms with Gasteiger partial charge in [-0.05, 0) is 0 Å². The van der Waals surface area contributed by atoms with Crippen molar-refractivity contribution >= 4 is 35.5 Å². The average molecular weight is 294 g/mol. The molecule has 104 valence electrons. The summed E-state index contributed by atoms with van der Waals surface area (Å²) in [5, 5.41) is 22.7. The van der Waals surface area contributed by atoms with Gasteiger partial charge >= 0.3 is 11.9 Å². The summed E-state index contributed by atoms with van der Waals surface area (Å²) in [5.41, 5.74) is 0. The van der Waals surface area contributed by atoms with Crippen LogP contribution in [0.5, 0.6) is 0 Å². The first-order valence-electron chi connectivity index (χ1n) is 5.69. The predicted molar refractivity (Wildman–Crippen MR) is 73.5 cm³/mol. The highest BCUT2D eigenvalue weighted by Crippen LogP contribution is 2.07. The Morgan fingerprint density at radius 2 is 1.28 bits per heavy atom. The molecule has 0 aliphatic carbocycles. The van der Waals surface area contributed by atoms with E-state index in [1.807, 2.05) is 0 Å². The first-order valence-corrected chi connectivity index (χ1v) is 8.00. The second-order valence-corrected chi connectivity index (χ2v) is 6.14. The van der Waals surface area contributed by atoms with Crippen LogP contribution in [0.2, 0.25) is 0 Å². The van der Waals surface area contributed by atoms with E-state index in [0.29, 0.717) is 11.5 Å². The number of carboxylic acids is 2. The van der Waals surface area contributed by atoms with Crippen molar-refractivity contribution in [1.29, 1.82) is 0 Å². The van der Waals surface area contributed by atoms with Crippen LogP contribution in [0.25, 0.3) is 0 Å². The van der Waals surface area contributed by atoms with Gasteiger partial charge in [0.15, 0.2) is 0 Å². The number of hydrogen-bond donors (Lipinski definition) is 4. The van der Waals surface area contributed by atoms with Crippen molar-refractivity contribution < 1.29 is 19.8 Å². The second kappa shape index (κ2) is 8.63. The molecule has 0 bridgehead atoms. The first-order chi connectivity index (χ1) is 8.61. The smallest absolute Gasteiger partial charge is 0.321 e. The van der Waals surface area contributed by atoms with E-state index in [1.165, 1.54) is 0 Å². The predicted octanol–water partition coefficient (Wildman–Crippen LogP) is -0.448. The Kier molecular flexibility index (Phi) is 7.48. The molecule has 18 heavy (non-hydrogen) atoms. The highest BCUT2D eigenvalue weighted by molar-refractivity contribution is 7.99. The molecule has 4 N–H and O–H groups in total. The summed E-state index contributed by atoms with van der Waals surface area (Å²) >= 11 is 3.38. The van der Waals surface area contributed by atoms with Crippen LogP contribution in [-0.4, -0.2) is 70.3 Å². The van der Waals surface area contributed by atoms with Gasteiger partial charge in [-0.1, -0.05) is 0 Å². The first kappa shape index (κ1) is 15.6. The van der Waals surface area contributed by atoms with Crippen molar-refractivity contribution in [1.82, 2.24) is 10.6 Å². The highest BCUT2D eigenvalue weighted by atomic mass is 32.2. The SMILES string of the molecule is O=C(O)C1CSCCN1.O=C(O)C1CSCCN1. The van der Waals surface area contributed by atoms with E-state index in [4.69, 9.17) is 10.2 Å². The zero-order valence-electron chi connectivity index (χ0n) is 9.92. The molecule has 2 atom stereocenters. The molecule has 8 heteroatoms. The van der Waals surface area contributed by atoms with E-state index in [-0.39, 0.29) is 12.1 Å². The number of thioether (sulfide) groups is 2. The van der Waals surface area contributed by atoms with E-state index in [2.05, 4.69) is 10.6 Å². The van der Waals surface area contributed by atoms with Crippen molar-refractivity contribution in [2.75, 3.05) is 36.1 Å². The third-order valence-electron chi connectivity index (χ3n) is 2.44. The number of aliphatic carboxylic acids is 2. The Morgan fingerprint density at radius 1 is 0.889 bits per heavy atom. The van der Waals surface area contributed by atoms with Gasteiger partial charge in [-0.15, -0.1) is 0 Å². The summed E-state index contributed by atoms with van der Waals surface area (Å²) in [4.78, 5) is 20.6. The van der Waals surface area contributed by atoms with Crippen molar-refractivity contribution in [2.45, 2.75) is 12.1 Å². The summed E-state index contributed by atoms with van der Waals surface area (Å²) in [6, 6.07) is -0.632. The van der Waals surface area contributed by atoms with E-state index in [1.54, 1.807) is 23.5 Å². The minimum absolute atomic E-state index is 0.316. The summed E-state index contributed by atoms with van der Waals surface area (Å²) in [6.45, 7) is 1.64. The lowest BCUT2D eigenvalue weighted by Gasteiger charge is -2.18. The van der Waals surface area contributed by atoms with Gasteiger partial charge in [-0.2, -0.15) is 23.5 Å². The van der Waals surface area contributed by atoms with Gasteiger partial charge in [-0.3, -0.25) is 9.59 Å². The molecule has 2 rings (SSSR count). The van der Waals surface area contributed by atoms with Crippen LogP contribution in [0.15, 0.2) is 0 Å². The molecular weight excluding hydrogens is 276 g/mol. The number of nitrogens with one attached hydrogen (secondary N) is 2. The normalized spacial score (nSPS) is 27.8. The third-order valence-corrected chi connectivity index (χ3v) is 4.56. The molecule has 0 saturated carbocycles. The summed E-state index contributed by atoms with van der Waals surface area (Å²) < 4.78 is 0. The number of carboxylic acid groups (broad SMARTS) is 2. The Balaban J connectivity index is 0.000000180. The van der Waals surface area contributed by atoms with E-state index in [9.17, 15) is 9.59 Å². The Bertz CT molecular complexity index is 251. The third kappa shape index (κ3) is 5.94. The zero-order valence-corrected chi connectivity index (χ0v) is 11.6. The maximum atomic E-state index is 10.3. The summed E-state index contributed by atoms with van der Waals surface area (Å²) in [6.07, 6.45) is 0. The Labute approximate surface area is 114 Å². The zero-order chi connectivity index (χ0) is 13.4. The minimum atomic E-state index is -0.734. The van der Waals surface area contributed by atoms with E-state index in [0.717, 1.165) is 24.6 Å². The molecule has 2 aliphatic heterocycles. The van der Waals surface area contributed by atoms with Crippen LogP contribution >= 0.6 is 23.5 Å². The van der Waals surface area contributed by atoms with E-state index >= 15 is 0 Å². The van der Waals surface area contributed by atoms with Crippen LogP contribution in [-0.2, 0) is 9.59 Å². The van der Waals surface area contributed by atoms with Crippen molar-refractivity contribution in [2.24, 2.45) is 0 Å². The van der Waals surface area contributed by atoms with Gasteiger partial charge in [0, 0.05) is 36.1 Å². The average Bonchev–Trinajstić information content (AvgIpc) is 2.41. The summed E-state index contributed by atoms with van der Waals surface area (Å²) in [5.74, 6) is 2.00. The lowest BCUT2D eigenvalue weighted by atomic mass is 10.3. The lowest BCUT2D eigenvalue weighted by Crippen LogP contribution is -2.43. The van der Waals surface area contributed by atoms with Crippen LogP contribution in [0.3, 0.4) is 0 Å². The Hall–Kier alpha value is -0.440. The van der Waals surface area contributed by atoms with Gasteiger partial charge in [0.1, 0.15) is 12.1 Å². The summed E-state index contributed by atoms with van der Waals surface area (Å²) in [7, 11) is 0. The largest absolute Gasteiger partial charge is 0.480 e. The molecule has 0 aromatic rings. The van der Waals surface area contributed by atoms with Crippen molar-refractivity contribution in [3.05, 3.63) is 0 Å². The van der Waals surface area contributed by atoms with Gasteiger partial charge in [0.25, 0.3) is 0 Å². The maximum absolute atomic E-state index is 10.3. The number of hydrogen-bond acceptors (Lipinski definition) is 6. The molecular formula is C10H18N2O4S2. The molecule has 6 nitrogen and oxygen atoms in total. The molecule has 2 unspecified atom stereocenters. The van der Waals surface area contributed by atoms with Crippen LogP contribution in [0, 0.1) is 0 Å². The fourth-order valence-electron chi connectivity index (χ4n) is 1.45. The highest BCUT2D eigenvalue weighted by Gasteiger charge is 2.19. The maximum Gasteiger partial charge on any atom is 0.321 e. The Morgan fingerprint density at radius 3 is 1.44 bits per heavy atom. The van der Waals surface area contributed by atoms with Gasteiger partial charge in [0.05, 0.1) is 0 Å². The quantitative estimate of drug-likeness (QED) is 0.544. The standard InChI is InChI=1S/2C5H9NO2S/c2*7-5(8)4-3-9-2-1-6-4/h2*4,6H,1-3H2,(H,7,8).